The normalized spacial score (nSPS) is 20.5. The second-order valence-electron chi connectivity index (χ2n) is 7.14. The highest BCUT2D eigenvalue weighted by Gasteiger charge is 2.44. The van der Waals surface area contributed by atoms with Crippen LogP contribution in [0.3, 0.4) is 0 Å². The Labute approximate surface area is 176 Å². The fourth-order valence-corrected chi connectivity index (χ4v) is 4.29. The summed E-state index contributed by atoms with van der Waals surface area (Å²) < 4.78 is 11.5. The lowest BCUT2D eigenvalue weighted by molar-refractivity contribution is -0.907. The molecule has 1 atom stereocenters. The smallest absolute Gasteiger partial charge is 0.290 e. The maximum Gasteiger partial charge on any atom is 0.290 e. The second kappa shape index (κ2) is 8.52. The molecule has 152 valence electrons. The van der Waals surface area contributed by atoms with Crippen LogP contribution in [0.1, 0.15) is 22.2 Å². The first kappa shape index (κ1) is 19.9. The summed E-state index contributed by atoms with van der Waals surface area (Å²) in [6.45, 7) is 4.29. The number of nitrogens with zero attached hydrogens (tertiary/aromatic N) is 1. The molecule has 2 aromatic rings. The lowest BCUT2D eigenvalue weighted by Crippen LogP contribution is -3.14. The van der Waals surface area contributed by atoms with Crippen molar-refractivity contribution in [3.63, 3.8) is 0 Å². The Bertz CT molecular complexity index is 934. The van der Waals surface area contributed by atoms with Gasteiger partial charge in [-0.3, -0.25) is 9.59 Å². The molecule has 4 rings (SSSR count). The highest BCUT2D eigenvalue weighted by Crippen LogP contribution is 2.39. The predicted molar refractivity (Wildman–Crippen MR) is 108 cm³/mol. The summed E-state index contributed by atoms with van der Waals surface area (Å²) in [4.78, 5) is 28.9. The number of aliphatic hydroxyl groups excluding tert-OH is 1. The van der Waals surface area contributed by atoms with Gasteiger partial charge < -0.3 is 24.1 Å². The van der Waals surface area contributed by atoms with Crippen molar-refractivity contribution in [3.05, 3.63) is 69.8 Å². The average Bonchev–Trinajstić information content (AvgIpc) is 3.35. The van der Waals surface area contributed by atoms with Gasteiger partial charge in [-0.15, -0.1) is 0 Å². The molecule has 1 aromatic heterocycles. The van der Waals surface area contributed by atoms with Crippen LogP contribution in [0.4, 0.5) is 0 Å². The van der Waals surface area contributed by atoms with E-state index in [-0.39, 0.29) is 11.3 Å². The summed E-state index contributed by atoms with van der Waals surface area (Å²) in [6.07, 6.45) is 1.40. The molecule has 0 unspecified atom stereocenters. The zero-order valence-corrected chi connectivity index (χ0v) is 17.4. The number of ether oxygens (including phenoxy) is 1. The number of nitrogens with one attached hydrogen (secondary N) is 1. The van der Waals surface area contributed by atoms with Crippen molar-refractivity contribution >= 4 is 27.6 Å². The summed E-state index contributed by atoms with van der Waals surface area (Å²) in [5, 5.41) is 10.6. The molecule has 1 amide bonds. The number of furan rings is 1. The van der Waals surface area contributed by atoms with Gasteiger partial charge in [0.05, 0.1) is 44.2 Å². The topological polar surface area (TPSA) is 84.4 Å². The molecule has 0 aliphatic carbocycles. The largest absolute Gasteiger partial charge is 0.503 e. The number of Topliss-reactive ketones (excluding diaryl/α,β-unsaturated/α-hetero) is 1. The Kier molecular flexibility index (Phi) is 5.84. The molecule has 2 N–H and O–H groups in total. The van der Waals surface area contributed by atoms with Crippen molar-refractivity contribution in [3.8, 4) is 0 Å². The number of halogens is 1. The first-order valence-corrected chi connectivity index (χ1v) is 10.3. The van der Waals surface area contributed by atoms with Crippen LogP contribution in [0.5, 0.6) is 0 Å². The van der Waals surface area contributed by atoms with E-state index < -0.39 is 23.5 Å². The summed E-state index contributed by atoms with van der Waals surface area (Å²) >= 11 is 3.45. The van der Waals surface area contributed by atoms with E-state index in [4.69, 9.17) is 9.15 Å². The number of rotatable bonds is 6. The maximum absolute atomic E-state index is 13.1. The standard InChI is InChI=1S/C21H21BrN2O5/c22-15-4-1-3-14(13-15)18-17(19(25)16-5-2-10-29-16)20(26)21(27)24(18)7-6-23-8-11-28-12-9-23/h1-5,10,13,18,26H,6-9,11-12H2/p+1/t18-/m1/s1. The van der Waals surface area contributed by atoms with Crippen LogP contribution in [-0.2, 0) is 9.53 Å². The van der Waals surface area contributed by atoms with Crippen molar-refractivity contribution < 1.29 is 28.7 Å². The number of aliphatic hydroxyl groups is 1. The molecule has 0 saturated carbocycles. The Morgan fingerprint density at radius 1 is 1.24 bits per heavy atom. The van der Waals surface area contributed by atoms with Crippen LogP contribution in [0.15, 0.2) is 62.9 Å². The molecule has 0 bridgehead atoms. The number of ketones is 1. The van der Waals surface area contributed by atoms with Crippen molar-refractivity contribution in [1.82, 2.24) is 4.90 Å². The number of hydrogen-bond acceptors (Lipinski definition) is 5. The Hall–Kier alpha value is -2.42. The molecular formula is C21H22BrN2O5+. The minimum atomic E-state index is -0.668. The molecule has 7 nitrogen and oxygen atoms in total. The predicted octanol–water partition coefficient (Wildman–Crippen LogP) is 1.54. The molecular weight excluding hydrogens is 440 g/mol. The molecule has 8 heteroatoms. The van der Waals surface area contributed by atoms with E-state index in [0.717, 1.165) is 29.7 Å². The minimum absolute atomic E-state index is 0.0556. The lowest BCUT2D eigenvalue weighted by atomic mass is 9.95. The van der Waals surface area contributed by atoms with Crippen molar-refractivity contribution in [2.45, 2.75) is 6.04 Å². The van der Waals surface area contributed by atoms with Gasteiger partial charge in [-0.1, -0.05) is 28.1 Å². The third kappa shape index (κ3) is 4.01. The van der Waals surface area contributed by atoms with Crippen molar-refractivity contribution in [2.24, 2.45) is 0 Å². The highest BCUT2D eigenvalue weighted by molar-refractivity contribution is 9.10. The molecule has 1 fully saturated rings. The first-order chi connectivity index (χ1) is 14.1. The van der Waals surface area contributed by atoms with Crippen LogP contribution >= 0.6 is 15.9 Å². The molecule has 2 aliphatic heterocycles. The Balaban J connectivity index is 1.67. The van der Waals surface area contributed by atoms with Gasteiger partial charge in [0.1, 0.15) is 13.1 Å². The van der Waals surface area contributed by atoms with Crippen molar-refractivity contribution in [2.75, 3.05) is 39.4 Å². The average molecular weight is 462 g/mol. The van der Waals surface area contributed by atoms with E-state index in [1.807, 2.05) is 24.3 Å². The fourth-order valence-electron chi connectivity index (χ4n) is 3.87. The molecule has 1 aromatic carbocycles. The number of hydrogen-bond donors (Lipinski definition) is 2. The SMILES string of the molecule is O=C(C1=C(O)C(=O)N(CC[NH+]2CCOCC2)[C@@H]1c1cccc(Br)c1)c1ccco1. The third-order valence-electron chi connectivity index (χ3n) is 5.36. The van der Waals surface area contributed by atoms with Gasteiger partial charge in [0.25, 0.3) is 5.91 Å². The minimum Gasteiger partial charge on any atom is -0.503 e. The zero-order valence-electron chi connectivity index (χ0n) is 15.8. The van der Waals surface area contributed by atoms with Gasteiger partial charge in [-0.05, 0) is 29.8 Å². The second-order valence-corrected chi connectivity index (χ2v) is 8.05. The van der Waals surface area contributed by atoms with Gasteiger partial charge in [-0.2, -0.15) is 0 Å². The van der Waals surface area contributed by atoms with Gasteiger partial charge >= 0.3 is 0 Å². The monoisotopic (exact) mass is 461 g/mol. The van der Waals surface area contributed by atoms with Crippen LogP contribution in [0.2, 0.25) is 0 Å². The highest BCUT2D eigenvalue weighted by atomic mass is 79.9. The van der Waals surface area contributed by atoms with Gasteiger partial charge in [-0.25, -0.2) is 0 Å². The van der Waals surface area contributed by atoms with Crippen molar-refractivity contribution in [1.29, 1.82) is 0 Å². The number of amides is 1. The number of morpholine rings is 1. The summed E-state index contributed by atoms with van der Waals surface area (Å²) in [6, 6.07) is 9.91. The number of carbonyl (C=O) groups is 2. The summed E-state index contributed by atoms with van der Waals surface area (Å²) in [5.41, 5.74) is 0.809. The Morgan fingerprint density at radius 3 is 2.72 bits per heavy atom. The fraction of sp³-hybridized carbons (Fsp3) is 0.333. The number of benzene rings is 1. The van der Waals surface area contributed by atoms with Crippen LogP contribution < -0.4 is 4.90 Å². The van der Waals surface area contributed by atoms with E-state index in [9.17, 15) is 14.7 Å². The van der Waals surface area contributed by atoms with Crippen LogP contribution in [0, 0.1) is 0 Å². The van der Waals surface area contributed by atoms with Gasteiger partial charge in [0.2, 0.25) is 5.78 Å². The van der Waals surface area contributed by atoms with E-state index in [0.29, 0.717) is 19.8 Å². The summed E-state index contributed by atoms with van der Waals surface area (Å²) in [5.74, 6) is -1.42. The molecule has 1 saturated heterocycles. The van der Waals surface area contributed by atoms with E-state index in [1.54, 1.807) is 11.0 Å². The molecule has 3 heterocycles. The third-order valence-corrected chi connectivity index (χ3v) is 5.86. The summed E-state index contributed by atoms with van der Waals surface area (Å²) in [7, 11) is 0. The van der Waals surface area contributed by atoms with Gasteiger partial charge in [0, 0.05) is 4.47 Å². The number of quaternary nitrogens is 1. The molecule has 0 spiro atoms. The Morgan fingerprint density at radius 2 is 2.03 bits per heavy atom. The molecule has 0 radical (unpaired) electrons. The van der Waals surface area contributed by atoms with E-state index in [1.165, 1.54) is 17.2 Å². The van der Waals surface area contributed by atoms with Crippen LogP contribution in [-0.4, -0.2) is 61.1 Å². The zero-order chi connectivity index (χ0) is 20.4. The van der Waals surface area contributed by atoms with Gasteiger partial charge in [0.15, 0.2) is 11.5 Å². The maximum atomic E-state index is 13.1. The van der Waals surface area contributed by atoms with E-state index >= 15 is 0 Å². The van der Waals surface area contributed by atoms with Crippen LogP contribution in [0.25, 0.3) is 0 Å². The van der Waals surface area contributed by atoms with E-state index in [2.05, 4.69) is 15.9 Å². The lowest BCUT2D eigenvalue weighted by Gasteiger charge is -2.30. The first-order valence-electron chi connectivity index (χ1n) is 9.55. The quantitative estimate of drug-likeness (QED) is 0.637. The molecule has 29 heavy (non-hydrogen) atoms. The number of carbonyl (C=O) groups excluding carboxylic acids is 2. The molecule has 2 aliphatic rings.